The molecule has 84 valence electrons. The Hall–Kier alpha value is -1.24. The molecule has 1 aromatic rings. The summed E-state index contributed by atoms with van der Waals surface area (Å²) in [6.07, 6.45) is 0.958. The number of nitrogens with zero attached hydrogens (tertiary/aromatic N) is 1. The van der Waals surface area contributed by atoms with E-state index in [1.165, 1.54) is 0 Å². The molecule has 0 bridgehead atoms. The van der Waals surface area contributed by atoms with E-state index in [4.69, 9.17) is 28.5 Å². The molecule has 0 atom stereocenters. The zero-order chi connectivity index (χ0) is 12.0. The molecule has 0 fully saturated rings. The highest BCUT2D eigenvalue weighted by Crippen LogP contribution is 2.22. The fraction of sp³-hybridized carbons (Fsp3) is 0.273. The Kier molecular flexibility index (Phi) is 5.10. The lowest BCUT2D eigenvalue weighted by atomic mass is 10.2. The minimum absolute atomic E-state index is 0.155. The van der Waals surface area contributed by atoms with Crippen LogP contribution in [0.5, 0.6) is 0 Å². The second-order valence-electron chi connectivity index (χ2n) is 3.15. The van der Waals surface area contributed by atoms with E-state index >= 15 is 0 Å². The zero-order valence-corrected chi connectivity index (χ0v) is 9.98. The Morgan fingerprint density at radius 2 is 2.25 bits per heavy atom. The quantitative estimate of drug-likeness (QED) is 0.842. The van der Waals surface area contributed by atoms with Crippen LogP contribution in [0.3, 0.4) is 0 Å². The number of halogens is 2. The van der Waals surface area contributed by atoms with Gasteiger partial charge in [-0.3, -0.25) is 4.79 Å². The highest BCUT2D eigenvalue weighted by molar-refractivity contribution is 6.33. The lowest BCUT2D eigenvalue weighted by Gasteiger charge is -2.06. The van der Waals surface area contributed by atoms with E-state index in [1.54, 1.807) is 18.2 Å². The zero-order valence-electron chi connectivity index (χ0n) is 8.46. The van der Waals surface area contributed by atoms with E-state index in [0.29, 0.717) is 35.0 Å². The summed E-state index contributed by atoms with van der Waals surface area (Å²) in [5.74, 6) is 0.289. The van der Waals surface area contributed by atoms with Gasteiger partial charge in [-0.15, -0.1) is 11.6 Å². The number of amides is 1. The molecule has 0 radical (unpaired) electrons. The summed E-state index contributed by atoms with van der Waals surface area (Å²) in [5, 5.41) is 11.8. The number of hydrogen-bond donors (Lipinski definition) is 1. The lowest BCUT2D eigenvalue weighted by molar-refractivity contribution is -0.116. The standard InChI is InChI=1S/C11H10Cl2N2O/c12-5-1-2-11(16)15-10-6-8(7-14)3-4-9(10)13/h3-4,6H,1-2,5H2,(H,15,16). The number of alkyl halides is 1. The lowest BCUT2D eigenvalue weighted by Crippen LogP contribution is -2.11. The third-order valence-corrected chi connectivity index (χ3v) is 2.50. The normalized spacial score (nSPS) is 9.56. The van der Waals surface area contributed by atoms with Gasteiger partial charge < -0.3 is 5.32 Å². The van der Waals surface area contributed by atoms with Gasteiger partial charge in [-0.25, -0.2) is 0 Å². The van der Waals surface area contributed by atoms with Crippen molar-refractivity contribution in [3.63, 3.8) is 0 Å². The smallest absolute Gasteiger partial charge is 0.224 e. The topological polar surface area (TPSA) is 52.9 Å². The van der Waals surface area contributed by atoms with Crippen LogP contribution in [-0.2, 0) is 4.79 Å². The molecule has 5 heteroatoms. The largest absolute Gasteiger partial charge is 0.325 e. The predicted octanol–water partition coefficient (Wildman–Crippen LogP) is 3.17. The van der Waals surface area contributed by atoms with Crippen molar-refractivity contribution in [1.82, 2.24) is 0 Å². The van der Waals surface area contributed by atoms with Gasteiger partial charge in [0.2, 0.25) is 5.91 Å². The minimum Gasteiger partial charge on any atom is -0.325 e. The van der Waals surface area contributed by atoms with Crippen molar-refractivity contribution in [2.45, 2.75) is 12.8 Å². The molecule has 0 heterocycles. The van der Waals surface area contributed by atoms with E-state index in [-0.39, 0.29) is 5.91 Å². The van der Waals surface area contributed by atoms with Crippen molar-refractivity contribution in [3.8, 4) is 6.07 Å². The van der Waals surface area contributed by atoms with Gasteiger partial charge in [-0.1, -0.05) is 11.6 Å². The van der Waals surface area contributed by atoms with E-state index in [0.717, 1.165) is 0 Å². The summed E-state index contributed by atoms with van der Waals surface area (Å²) in [7, 11) is 0. The fourth-order valence-corrected chi connectivity index (χ4v) is 1.43. The molecule has 3 nitrogen and oxygen atoms in total. The van der Waals surface area contributed by atoms with Crippen LogP contribution in [0.1, 0.15) is 18.4 Å². The van der Waals surface area contributed by atoms with Crippen LogP contribution in [0.15, 0.2) is 18.2 Å². The van der Waals surface area contributed by atoms with Crippen LogP contribution in [0.4, 0.5) is 5.69 Å². The number of anilines is 1. The fourth-order valence-electron chi connectivity index (χ4n) is 1.13. The number of benzene rings is 1. The summed E-state index contributed by atoms with van der Waals surface area (Å²) in [6.45, 7) is 0. The SMILES string of the molecule is N#Cc1ccc(Cl)c(NC(=O)CCCCl)c1. The van der Waals surface area contributed by atoms with Gasteiger partial charge in [0.15, 0.2) is 0 Å². The first-order valence-electron chi connectivity index (χ1n) is 4.73. The number of hydrogen-bond acceptors (Lipinski definition) is 2. The molecular formula is C11H10Cl2N2O. The first kappa shape index (κ1) is 12.8. The number of nitrogens with one attached hydrogen (secondary N) is 1. The molecule has 0 saturated carbocycles. The van der Waals surface area contributed by atoms with Gasteiger partial charge >= 0.3 is 0 Å². The van der Waals surface area contributed by atoms with Crippen LogP contribution in [0.25, 0.3) is 0 Å². The second-order valence-corrected chi connectivity index (χ2v) is 3.93. The van der Waals surface area contributed by atoms with Crippen LogP contribution in [-0.4, -0.2) is 11.8 Å². The number of nitriles is 1. The molecule has 1 N–H and O–H groups in total. The summed E-state index contributed by atoms with van der Waals surface area (Å²) in [6, 6.07) is 6.70. The molecule has 16 heavy (non-hydrogen) atoms. The van der Waals surface area contributed by atoms with Crippen molar-refractivity contribution in [2.24, 2.45) is 0 Å². The first-order chi connectivity index (χ1) is 7.67. The Balaban J connectivity index is 2.73. The summed E-state index contributed by atoms with van der Waals surface area (Å²) < 4.78 is 0. The molecule has 0 aromatic heterocycles. The average Bonchev–Trinajstić information content (AvgIpc) is 2.29. The molecule has 0 spiro atoms. The average molecular weight is 257 g/mol. The number of carbonyl (C=O) groups is 1. The van der Waals surface area contributed by atoms with Crippen LogP contribution < -0.4 is 5.32 Å². The monoisotopic (exact) mass is 256 g/mol. The van der Waals surface area contributed by atoms with Crippen LogP contribution in [0, 0.1) is 11.3 Å². The molecule has 0 aliphatic heterocycles. The van der Waals surface area contributed by atoms with Gasteiger partial charge in [-0.2, -0.15) is 5.26 Å². The third kappa shape index (κ3) is 3.73. The van der Waals surface area contributed by atoms with Crippen molar-refractivity contribution in [3.05, 3.63) is 28.8 Å². The predicted molar refractivity (Wildman–Crippen MR) is 64.8 cm³/mol. The van der Waals surface area contributed by atoms with Gasteiger partial charge in [-0.05, 0) is 24.6 Å². The number of rotatable bonds is 4. The molecule has 0 saturated heterocycles. The summed E-state index contributed by atoms with van der Waals surface area (Å²) in [5.41, 5.74) is 0.914. The van der Waals surface area contributed by atoms with E-state index < -0.39 is 0 Å². The van der Waals surface area contributed by atoms with Gasteiger partial charge in [0.05, 0.1) is 22.3 Å². The Morgan fingerprint density at radius 1 is 1.50 bits per heavy atom. The van der Waals surface area contributed by atoms with Gasteiger partial charge in [0.1, 0.15) is 0 Å². The molecule has 0 aliphatic rings. The third-order valence-electron chi connectivity index (χ3n) is 1.91. The molecule has 1 rings (SSSR count). The Bertz CT molecular complexity index is 426. The van der Waals surface area contributed by atoms with Crippen LogP contribution >= 0.6 is 23.2 Å². The summed E-state index contributed by atoms with van der Waals surface area (Å²) >= 11 is 11.4. The van der Waals surface area contributed by atoms with E-state index in [2.05, 4.69) is 5.32 Å². The van der Waals surface area contributed by atoms with Crippen molar-refractivity contribution in [1.29, 1.82) is 5.26 Å². The summed E-state index contributed by atoms with van der Waals surface area (Å²) in [4.78, 5) is 11.4. The molecule has 0 aliphatic carbocycles. The Labute approximate surface area is 104 Å². The van der Waals surface area contributed by atoms with Crippen molar-refractivity contribution >= 4 is 34.8 Å². The highest BCUT2D eigenvalue weighted by Gasteiger charge is 2.06. The maximum atomic E-state index is 11.4. The second kappa shape index (κ2) is 6.37. The van der Waals surface area contributed by atoms with Gasteiger partial charge in [0.25, 0.3) is 0 Å². The van der Waals surface area contributed by atoms with Gasteiger partial charge in [0, 0.05) is 12.3 Å². The molecular weight excluding hydrogens is 247 g/mol. The first-order valence-corrected chi connectivity index (χ1v) is 5.64. The molecule has 1 amide bonds. The maximum Gasteiger partial charge on any atom is 0.224 e. The molecule has 0 unspecified atom stereocenters. The Morgan fingerprint density at radius 3 is 2.88 bits per heavy atom. The van der Waals surface area contributed by atoms with Crippen molar-refractivity contribution < 1.29 is 4.79 Å². The van der Waals surface area contributed by atoms with Crippen LogP contribution in [0.2, 0.25) is 5.02 Å². The van der Waals surface area contributed by atoms with Crippen molar-refractivity contribution in [2.75, 3.05) is 11.2 Å². The number of carbonyl (C=O) groups excluding carboxylic acids is 1. The van der Waals surface area contributed by atoms with E-state index in [9.17, 15) is 4.79 Å². The van der Waals surface area contributed by atoms with E-state index in [1.807, 2.05) is 6.07 Å². The maximum absolute atomic E-state index is 11.4. The highest BCUT2D eigenvalue weighted by atomic mass is 35.5. The minimum atomic E-state index is -0.155. The molecule has 1 aromatic carbocycles.